The number of nitrogens with two attached hydrogens (primary N) is 1. The van der Waals surface area contributed by atoms with Gasteiger partial charge in [-0.15, -0.1) is 0 Å². The largest absolute Gasteiger partial charge is 0.355 e. The second-order valence-corrected chi connectivity index (χ2v) is 4.21. The number of amides is 1. The fourth-order valence-electron chi connectivity index (χ4n) is 1.45. The number of nitrogens with zero attached hydrogens (tertiary/aromatic N) is 1. The molecule has 6 heteroatoms. The summed E-state index contributed by atoms with van der Waals surface area (Å²) in [6.45, 7) is 2.90. The van der Waals surface area contributed by atoms with Crippen molar-refractivity contribution < 1.29 is 9.72 Å². The van der Waals surface area contributed by atoms with E-state index in [9.17, 15) is 14.9 Å². The van der Waals surface area contributed by atoms with Gasteiger partial charge in [0.05, 0.1) is 11.3 Å². The molecule has 3 N–H and O–H groups in total. The minimum Gasteiger partial charge on any atom is -0.355 e. The standard InChI is InChI=1S/C12H17N3O3/c1-9(7-13)8-14-12(16)6-10-4-2-3-5-11(10)15(17)18/h2-5,9H,6-8,13H2,1H3,(H,14,16). The van der Waals surface area contributed by atoms with Crippen LogP contribution in [0.4, 0.5) is 5.69 Å². The van der Waals surface area contributed by atoms with Gasteiger partial charge in [0.2, 0.25) is 5.91 Å². The van der Waals surface area contributed by atoms with E-state index in [0.717, 1.165) is 0 Å². The molecule has 1 unspecified atom stereocenters. The zero-order chi connectivity index (χ0) is 13.5. The van der Waals surface area contributed by atoms with Crippen LogP contribution in [-0.4, -0.2) is 23.9 Å². The number of carbonyl (C=O) groups is 1. The number of nitro groups is 1. The zero-order valence-electron chi connectivity index (χ0n) is 10.3. The Bertz CT molecular complexity index is 434. The van der Waals surface area contributed by atoms with Gasteiger partial charge >= 0.3 is 0 Å². The van der Waals surface area contributed by atoms with Crippen LogP contribution in [0.3, 0.4) is 0 Å². The van der Waals surface area contributed by atoms with Gasteiger partial charge in [0, 0.05) is 18.2 Å². The monoisotopic (exact) mass is 251 g/mol. The first-order valence-electron chi connectivity index (χ1n) is 5.73. The van der Waals surface area contributed by atoms with Gasteiger partial charge in [0.25, 0.3) is 5.69 Å². The minimum absolute atomic E-state index is 0.00838. The molecule has 1 rings (SSSR count). The van der Waals surface area contributed by atoms with Crippen LogP contribution in [0.2, 0.25) is 0 Å². The molecule has 18 heavy (non-hydrogen) atoms. The molecular weight excluding hydrogens is 234 g/mol. The molecule has 0 bridgehead atoms. The van der Waals surface area contributed by atoms with Gasteiger partial charge < -0.3 is 11.1 Å². The third kappa shape index (κ3) is 4.14. The predicted molar refractivity (Wildman–Crippen MR) is 68.0 cm³/mol. The Labute approximate surface area is 105 Å². The van der Waals surface area contributed by atoms with E-state index in [1.807, 2.05) is 6.92 Å². The highest BCUT2D eigenvalue weighted by atomic mass is 16.6. The molecule has 0 aliphatic carbocycles. The number of benzene rings is 1. The van der Waals surface area contributed by atoms with E-state index in [1.165, 1.54) is 6.07 Å². The van der Waals surface area contributed by atoms with Crippen molar-refractivity contribution in [3.63, 3.8) is 0 Å². The third-order valence-electron chi connectivity index (χ3n) is 2.59. The summed E-state index contributed by atoms with van der Waals surface area (Å²) in [5.74, 6) is -0.0377. The molecule has 0 saturated carbocycles. The van der Waals surface area contributed by atoms with Crippen molar-refractivity contribution in [1.29, 1.82) is 0 Å². The summed E-state index contributed by atoms with van der Waals surface area (Å²) in [5, 5.41) is 13.5. The van der Waals surface area contributed by atoms with E-state index >= 15 is 0 Å². The van der Waals surface area contributed by atoms with Crippen LogP contribution in [0, 0.1) is 16.0 Å². The Balaban J connectivity index is 2.62. The quantitative estimate of drug-likeness (QED) is 0.578. The Morgan fingerprint density at radius 1 is 1.50 bits per heavy atom. The molecule has 0 spiro atoms. The van der Waals surface area contributed by atoms with Crippen LogP contribution < -0.4 is 11.1 Å². The van der Waals surface area contributed by atoms with Crippen molar-refractivity contribution in [1.82, 2.24) is 5.32 Å². The van der Waals surface area contributed by atoms with Crippen molar-refractivity contribution in [3.8, 4) is 0 Å². The number of rotatable bonds is 6. The Morgan fingerprint density at radius 2 is 2.17 bits per heavy atom. The lowest BCUT2D eigenvalue weighted by Crippen LogP contribution is -2.32. The zero-order valence-corrected chi connectivity index (χ0v) is 10.3. The summed E-state index contributed by atoms with van der Waals surface area (Å²) in [6, 6.07) is 6.24. The van der Waals surface area contributed by atoms with E-state index in [-0.39, 0.29) is 23.9 Å². The molecule has 0 heterocycles. The number of hydrogen-bond donors (Lipinski definition) is 2. The second-order valence-electron chi connectivity index (χ2n) is 4.21. The summed E-state index contributed by atoms with van der Waals surface area (Å²) >= 11 is 0. The van der Waals surface area contributed by atoms with Gasteiger partial charge in [-0.3, -0.25) is 14.9 Å². The Morgan fingerprint density at radius 3 is 2.78 bits per heavy atom. The third-order valence-corrected chi connectivity index (χ3v) is 2.59. The van der Waals surface area contributed by atoms with Crippen LogP contribution in [0.1, 0.15) is 12.5 Å². The van der Waals surface area contributed by atoms with Gasteiger partial charge in [-0.2, -0.15) is 0 Å². The predicted octanol–water partition coefficient (Wildman–Crippen LogP) is 0.848. The van der Waals surface area contributed by atoms with E-state index in [1.54, 1.807) is 18.2 Å². The van der Waals surface area contributed by atoms with E-state index in [4.69, 9.17) is 5.73 Å². The van der Waals surface area contributed by atoms with Crippen LogP contribution in [-0.2, 0) is 11.2 Å². The first-order valence-corrected chi connectivity index (χ1v) is 5.73. The van der Waals surface area contributed by atoms with Crippen molar-refractivity contribution in [3.05, 3.63) is 39.9 Å². The van der Waals surface area contributed by atoms with Crippen LogP contribution in [0.5, 0.6) is 0 Å². The number of nitrogens with one attached hydrogen (secondary N) is 1. The molecule has 0 aromatic heterocycles. The topological polar surface area (TPSA) is 98.3 Å². The maximum atomic E-state index is 11.6. The lowest BCUT2D eigenvalue weighted by atomic mass is 10.1. The van der Waals surface area contributed by atoms with Crippen molar-refractivity contribution in [2.75, 3.05) is 13.1 Å². The van der Waals surface area contributed by atoms with Gasteiger partial charge in [0.15, 0.2) is 0 Å². The first-order chi connectivity index (χ1) is 8.54. The second kappa shape index (κ2) is 6.70. The molecule has 0 fully saturated rings. The molecular formula is C12H17N3O3. The van der Waals surface area contributed by atoms with E-state index in [2.05, 4.69) is 5.32 Å². The minimum atomic E-state index is -0.481. The number of nitro benzene ring substituents is 1. The van der Waals surface area contributed by atoms with Crippen LogP contribution in [0.15, 0.2) is 24.3 Å². The maximum absolute atomic E-state index is 11.6. The fourth-order valence-corrected chi connectivity index (χ4v) is 1.45. The van der Waals surface area contributed by atoms with Gasteiger partial charge in [-0.05, 0) is 12.5 Å². The fraction of sp³-hybridized carbons (Fsp3) is 0.417. The molecule has 1 aromatic rings. The smallest absolute Gasteiger partial charge is 0.273 e. The highest BCUT2D eigenvalue weighted by Gasteiger charge is 2.15. The maximum Gasteiger partial charge on any atom is 0.273 e. The first kappa shape index (κ1) is 14.1. The molecule has 0 saturated heterocycles. The van der Waals surface area contributed by atoms with Gasteiger partial charge in [-0.1, -0.05) is 25.1 Å². The van der Waals surface area contributed by atoms with Crippen molar-refractivity contribution in [2.24, 2.45) is 11.7 Å². The van der Waals surface area contributed by atoms with Crippen molar-refractivity contribution in [2.45, 2.75) is 13.3 Å². The molecule has 1 amide bonds. The molecule has 0 aliphatic heterocycles. The van der Waals surface area contributed by atoms with E-state index in [0.29, 0.717) is 18.7 Å². The van der Waals surface area contributed by atoms with Gasteiger partial charge in [-0.25, -0.2) is 0 Å². The normalized spacial score (nSPS) is 11.9. The average Bonchev–Trinajstić information content (AvgIpc) is 2.36. The summed E-state index contributed by atoms with van der Waals surface area (Å²) in [4.78, 5) is 21.9. The Kier molecular flexibility index (Phi) is 5.26. The summed E-state index contributed by atoms with van der Waals surface area (Å²) in [5.41, 5.74) is 5.82. The lowest BCUT2D eigenvalue weighted by molar-refractivity contribution is -0.385. The van der Waals surface area contributed by atoms with Crippen LogP contribution >= 0.6 is 0 Å². The number of carbonyl (C=O) groups excluding carboxylic acids is 1. The molecule has 0 radical (unpaired) electrons. The van der Waals surface area contributed by atoms with E-state index < -0.39 is 4.92 Å². The lowest BCUT2D eigenvalue weighted by Gasteiger charge is -2.10. The highest BCUT2D eigenvalue weighted by Crippen LogP contribution is 2.17. The number of hydrogen-bond acceptors (Lipinski definition) is 4. The summed E-state index contributed by atoms with van der Waals surface area (Å²) in [6.07, 6.45) is 0.00838. The van der Waals surface area contributed by atoms with Gasteiger partial charge in [0.1, 0.15) is 0 Å². The highest BCUT2D eigenvalue weighted by molar-refractivity contribution is 5.79. The summed E-state index contributed by atoms with van der Waals surface area (Å²) in [7, 11) is 0. The molecule has 0 aliphatic rings. The molecule has 1 atom stereocenters. The summed E-state index contributed by atoms with van der Waals surface area (Å²) < 4.78 is 0. The average molecular weight is 251 g/mol. The number of para-hydroxylation sites is 1. The van der Waals surface area contributed by atoms with Crippen LogP contribution in [0.25, 0.3) is 0 Å². The molecule has 98 valence electrons. The molecule has 6 nitrogen and oxygen atoms in total. The SMILES string of the molecule is CC(CN)CNC(=O)Cc1ccccc1[N+](=O)[O-]. The Hall–Kier alpha value is -1.95. The van der Waals surface area contributed by atoms with Crippen molar-refractivity contribution >= 4 is 11.6 Å². The molecule has 1 aromatic carbocycles.